The Morgan fingerprint density at radius 3 is 3.00 bits per heavy atom. The molecule has 0 aromatic heterocycles. The van der Waals surface area contributed by atoms with E-state index in [1.54, 1.807) is 12.1 Å². The number of benzene rings is 1. The van der Waals surface area contributed by atoms with Crippen LogP contribution in [0.5, 0.6) is 0 Å². The highest BCUT2D eigenvalue weighted by Crippen LogP contribution is 2.22. The third-order valence-electron chi connectivity index (χ3n) is 2.93. The predicted octanol–water partition coefficient (Wildman–Crippen LogP) is 3.34. The molecule has 0 saturated carbocycles. The van der Waals surface area contributed by atoms with E-state index in [0.29, 0.717) is 11.6 Å². The Morgan fingerprint density at radius 1 is 1.31 bits per heavy atom. The fraction of sp³-hybridized carbons (Fsp3) is 0.462. The molecule has 0 radical (unpaired) electrons. The fourth-order valence-electron chi connectivity index (χ4n) is 2.04. The van der Waals surface area contributed by atoms with Gasteiger partial charge in [-0.25, -0.2) is 0 Å². The van der Waals surface area contributed by atoms with Gasteiger partial charge in [0.2, 0.25) is 0 Å². The van der Waals surface area contributed by atoms with Gasteiger partial charge in [-0.3, -0.25) is 4.79 Å². The number of Topliss-reactive ketones (excluding diaryl/α,β-unsaturated/α-hetero) is 1. The smallest absolute Gasteiger partial charge is 0.166 e. The summed E-state index contributed by atoms with van der Waals surface area (Å²) in [6.45, 7) is 1.47. The Kier molecular flexibility index (Phi) is 3.97. The normalized spacial score (nSPS) is 21.4. The zero-order valence-electron chi connectivity index (χ0n) is 9.12. The molecule has 86 valence electrons. The van der Waals surface area contributed by atoms with Gasteiger partial charge in [-0.05, 0) is 31.4 Å². The van der Waals surface area contributed by atoms with E-state index in [1.807, 2.05) is 12.1 Å². The first kappa shape index (κ1) is 11.6. The van der Waals surface area contributed by atoms with Crippen LogP contribution in [0.2, 0.25) is 5.02 Å². The average molecular weight is 239 g/mol. The summed E-state index contributed by atoms with van der Waals surface area (Å²) in [6.07, 6.45) is 2.72. The van der Waals surface area contributed by atoms with Crippen LogP contribution >= 0.6 is 11.6 Å². The zero-order chi connectivity index (χ0) is 11.4. The SMILES string of the molecule is O=C(c1cccc(Cl)c1)C1CCCOCC1. The van der Waals surface area contributed by atoms with Gasteiger partial charge in [0.15, 0.2) is 5.78 Å². The maximum atomic E-state index is 12.2. The lowest BCUT2D eigenvalue weighted by Crippen LogP contribution is -2.15. The van der Waals surface area contributed by atoms with Crippen LogP contribution in [-0.4, -0.2) is 19.0 Å². The van der Waals surface area contributed by atoms with E-state index >= 15 is 0 Å². The third-order valence-corrected chi connectivity index (χ3v) is 3.17. The van der Waals surface area contributed by atoms with E-state index in [4.69, 9.17) is 16.3 Å². The lowest BCUT2D eigenvalue weighted by Gasteiger charge is -2.11. The molecule has 1 heterocycles. The average Bonchev–Trinajstić information content (AvgIpc) is 2.56. The molecule has 16 heavy (non-hydrogen) atoms. The standard InChI is InChI=1S/C13H15ClO2/c14-12-5-1-3-11(9-12)13(15)10-4-2-7-16-8-6-10/h1,3,5,9-10H,2,4,6-8H2. The molecule has 1 fully saturated rings. The number of hydrogen-bond acceptors (Lipinski definition) is 2. The quantitative estimate of drug-likeness (QED) is 0.739. The van der Waals surface area contributed by atoms with Crippen molar-refractivity contribution in [1.82, 2.24) is 0 Å². The number of rotatable bonds is 2. The number of hydrogen-bond donors (Lipinski definition) is 0. The van der Waals surface area contributed by atoms with Crippen molar-refractivity contribution in [3.8, 4) is 0 Å². The summed E-state index contributed by atoms with van der Waals surface area (Å²) in [7, 11) is 0. The number of carbonyl (C=O) groups is 1. The molecule has 1 aromatic carbocycles. The molecule has 2 rings (SSSR count). The minimum absolute atomic E-state index is 0.0981. The van der Waals surface area contributed by atoms with E-state index in [1.165, 1.54) is 0 Å². The molecule has 1 aliphatic heterocycles. The summed E-state index contributed by atoms with van der Waals surface area (Å²) in [6, 6.07) is 7.19. The molecule has 0 aliphatic carbocycles. The number of carbonyl (C=O) groups excluding carboxylic acids is 1. The zero-order valence-corrected chi connectivity index (χ0v) is 9.87. The first-order valence-electron chi connectivity index (χ1n) is 5.65. The van der Waals surface area contributed by atoms with Gasteiger partial charge < -0.3 is 4.74 Å². The van der Waals surface area contributed by atoms with E-state index in [-0.39, 0.29) is 11.7 Å². The van der Waals surface area contributed by atoms with Crippen molar-refractivity contribution in [3.05, 3.63) is 34.9 Å². The highest BCUT2D eigenvalue weighted by atomic mass is 35.5. The Hall–Kier alpha value is -0.860. The van der Waals surface area contributed by atoms with Gasteiger partial charge in [0.1, 0.15) is 0 Å². The van der Waals surface area contributed by atoms with Gasteiger partial charge in [-0.2, -0.15) is 0 Å². The second kappa shape index (κ2) is 5.46. The molecule has 1 atom stereocenters. The fourth-order valence-corrected chi connectivity index (χ4v) is 2.23. The maximum absolute atomic E-state index is 12.2. The number of ketones is 1. The molecule has 0 amide bonds. The minimum Gasteiger partial charge on any atom is -0.381 e. The van der Waals surface area contributed by atoms with Gasteiger partial charge in [-0.1, -0.05) is 23.7 Å². The summed E-state index contributed by atoms with van der Waals surface area (Å²) in [5, 5.41) is 0.621. The second-order valence-corrected chi connectivity index (χ2v) is 4.55. The predicted molar refractivity (Wildman–Crippen MR) is 63.9 cm³/mol. The summed E-state index contributed by atoms with van der Waals surface area (Å²) in [5.41, 5.74) is 0.722. The van der Waals surface area contributed by atoms with E-state index in [0.717, 1.165) is 31.4 Å². The van der Waals surface area contributed by atoms with Crippen molar-refractivity contribution in [2.45, 2.75) is 19.3 Å². The van der Waals surface area contributed by atoms with Gasteiger partial charge in [0.05, 0.1) is 0 Å². The van der Waals surface area contributed by atoms with Crippen LogP contribution in [-0.2, 0) is 4.74 Å². The molecular weight excluding hydrogens is 224 g/mol. The van der Waals surface area contributed by atoms with E-state index in [9.17, 15) is 4.79 Å². The molecule has 1 saturated heterocycles. The van der Waals surface area contributed by atoms with Crippen molar-refractivity contribution in [2.24, 2.45) is 5.92 Å². The number of halogens is 1. The molecule has 0 bridgehead atoms. The Labute approximate surface area is 101 Å². The summed E-state index contributed by atoms with van der Waals surface area (Å²) >= 11 is 5.88. The van der Waals surface area contributed by atoms with Crippen molar-refractivity contribution in [1.29, 1.82) is 0 Å². The number of ether oxygens (including phenoxy) is 1. The van der Waals surface area contributed by atoms with Crippen molar-refractivity contribution >= 4 is 17.4 Å². The van der Waals surface area contributed by atoms with Crippen LogP contribution in [0.1, 0.15) is 29.6 Å². The molecule has 2 nitrogen and oxygen atoms in total. The highest BCUT2D eigenvalue weighted by molar-refractivity contribution is 6.31. The van der Waals surface area contributed by atoms with Crippen LogP contribution in [0.3, 0.4) is 0 Å². The van der Waals surface area contributed by atoms with Crippen LogP contribution in [0.15, 0.2) is 24.3 Å². The Balaban J connectivity index is 2.11. The first-order chi connectivity index (χ1) is 7.77. The molecule has 0 N–H and O–H groups in total. The second-order valence-electron chi connectivity index (χ2n) is 4.11. The van der Waals surface area contributed by atoms with Gasteiger partial charge in [0, 0.05) is 29.7 Å². The van der Waals surface area contributed by atoms with Crippen LogP contribution in [0.25, 0.3) is 0 Å². The summed E-state index contributed by atoms with van der Waals surface area (Å²) in [5.74, 6) is 0.300. The Morgan fingerprint density at radius 2 is 2.19 bits per heavy atom. The van der Waals surface area contributed by atoms with Gasteiger partial charge >= 0.3 is 0 Å². The van der Waals surface area contributed by atoms with E-state index in [2.05, 4.69) is 0 Å². The van der Waals surface area contributed by atoms with Crippen LogP contribution in [0, 0.1) is 5.92 Å². The lowest BCUT2D eigenvalue weighted by atomic mass is 9.91. The molecule has 1 aliphatic rings. The molecule has 0 spiro atoms. The first-order valence-corrected chi connectivity index (χ1v) is 6.02. The minimum atomic E-state index is 0.0981. The highest BCUT2D eigenvalue weighted by Gasteiger charge is 2.21. The van der Waals surface area contributed by atoms with Crippen LogP contribution in [0.4, 0.5) is 0 Å². The molecule has 1 unspecified atom stereocenters. The summed E-state index contributed by atoms with van der Waals surface area (Å²) in [4.78, 5) is 12.2. The van der Waals surface area contributed by atoms with E-state index < -0.39 is 0 Å². The van der Waals surface area contributed by atoms with Gasteiger partial charge in [0.25, 0.3) is 0 Å². The monoisotopic (exact) mass is 238 g/mol. The lowest BCUT2D eigenvalue weighted by molar-refractivity contribution is 0.0893. The largest absolute Gasteiger partial charge is 0.381 e. The molecule has 1 aromatic rings. The maximum Gasteiger partial charge on any atom is 0.166 e. The third kappa shape index (κ3) is 2.83. The molecular formula is C13H15ClO2. The topological polar surface area (TPSA) is 26.3 Å². The van der Waals surface area contributed by atoms with Crippen molar-refractivity contribution in [2.75, 3.05) is 13.2 Å². The van der Waals surface area contributed by atoms with Crippen LogP contribution < -0.4 is 0 Å². The van der Waals surface area contributed by atoms with Crippen molar-refractivity contribution in [3.63, 3.8) is 0 Å². The summed E-state index contributed by atoms with van der Waals surface area (Å²) < 4.78 is 5.36. The van der Waals surface area contributed by atoms with Gasteiger partial charge in [-0.15, -0.1) is 0 Å². The van der Waals surface area contributed by atoms with Crippen molar-refractivity contribution < 1.29 is 9.53 Å². The Bertz CT molecular complexity index is 368. The molecule has 3 heteroatoms.